The minimum atomic E-state index is -0.669. The van der Waals surface area contributed by atoms with E-state index in [-0.39, 0.29) is 22.3 Å². The highest BCUT2D eigenvalue weighted by Crippen LogP contribution is 2.39. The van der Waals surface area contributed by atoms with Crippen LogP contribution in [0.1, 0.15) is 39.6 Å². The van der Waals surface area contributed by atoms with E-state index in [1.165, 1.54) is 6.07 Å². The van der Waals surface area contributed by atoms with Crippen LogP contribution in [0.25, 0.3) is 0 Å². The highest BCUT2D eigenvalue weighted by Gasteiger charge is 2.53. The van der Waals surface area contributed by atoms with Crippen LogP contribution in [0.4, 0.5) is 0 Å². The van der Waals surface area contributed by atoms with Gasteiger partial charge >= 0.3 is 0 Å². The van der Waals surface area contributed by atoms with E-state index in [1.807, 2.05) is 26.0 Å². The molecular weight excluding hydrogens is 428 g/mol. The first-order valence-corrected chi connectivity index (χ1v) is 10.9. The summed E-state index contributed by atoms with van der Waals surface area (Å²) in [6, 6.07) is 13.3. The predicted molar refractivity (Wildman–Crippen MR) is 120 cm³/mol. The molecule has 164 valence electrons. The SMILES string of the molecule is Cc1ccc(C(=O)CN(C(=O)c2ccccc2Cl)N2C(=O)[C@@H]3[C@@H](C)C=CC[C@H]3C2=O)cc1. The fourth-order valence-electron chi connectivity index (χ4n) is 4.34. The number of carbonyl (C=O) groups is 4. The molecule has 1 saturated heterocycles. The Morgan fingerprint density at radius 2 is 1.75 bits per heavy atom. The van der Waals surface area contributed by atoms with Crippen molar-refractivity contribution in [1.29, 1.82) is 0 Å². The number of rotatable bonds is 5. The molecule has 0 radical (unpaired) electrons. The molecule has 3 amide bonds. The van der Waals surface area contributed by atoms with Crippen molar-refractivity contribution in [2.24, 2.45) is 17.8 Å². The minimum absolute atomic E-state index is 0.118. The summed E-state index contributed by atoms with van der Waals surface area (Å²) in [6.07, 6.45) is 4.22. The summed E-state index contributed by atoms with van der Waals surface area (Å²) in [6.45, 7) is 3.32. The van der Waals surface area contributed by atoms with E-state index in [1.54, 1.807) is 42.5 Å². The summed E-state index contributed by atoms with van der Waals surface area (Å²) in [5.74, 6) is -3.21. The van der Waals surface area contributed by atoms with Crippen LogP contribution in [-0.4, -0.2) is 40.1 Å². The fraction of sp³-hybridized carbons (Fsp3) is 0.280. The standard InChI is InChI=1S/C25H23ClN2O4/c1-15-10-12-17(13-11-15)21(29)14-27(23(30)18-7-3-4-9-20(18)26)28-24(31)19-8-5-6-16(2)22(19)25(28)32/h3-7,9-13,16,19,22H,8,14H2,1-2H3/t16-,19+,22+/m0/s1. The molecule has 2 aliphatic rings. The van der Waals surface area contributed by atoms with Gasteiger partial charge in [0.1, 0.15) is 6.54 Å². The van der Waals surface area contributed by atoms with Gasteiger partial charge in [-0.05, 0) is 31.4 Å². The number of hydrazine groups is 1. The first-order valence-electron chi connectivity index (χ1n) is 10.5. The number of nitrogens with zero attached hydrogens (tertiary/aromatic N) is 2. The van der Waals surface area contributed by atoms with Gasteiger partial charge < -0.3 is 0 Å². The number of benzene rings is 2. The zero-order valence-electron chi connectivity index (χ0n) is 17.8. The number of Topliss-reactive ketones (excluding diaryl/α,β-unsaturated/α-hetero) is 1. The van der Waals surface area contributed by atoms with E-state index < -0.39 is 36.1 Å². The Bertz CT molecular complexity index is 1130. The zero-order chi connectivity index (χ0) is 23.0. The maximum absolute atomic E-state index is 13.5. The number of imide groups is 1. The molecule has 0 unspecified atom stereocenters. The zero-order valence-corrected chi connectivity index (χ0v) is 18.6. The average Bonchev–Trinajstić information content (AvgIpc) is 3.03. The number of amides is 3. The Morgan fingerprint density at radius 1 is 1.06 bits per heavy atom. The van der Waals surface area contributed by atoms with E-state index >= 15 is 0 Å². The predicted octanol–water partition coefficient (Wildman–Crippen LogP) is 4.09. The lowest BCUT2D eigenvalue weighted by Gasteiger charge is -2.30. The molecule has 0 N–H and O–H groups in total. The maximum Gasteiger partial charge on any atom is 0.274 e. The largest absolute Gasteiger partial charge is 0.292 e. The van der Waals surface area contributed by atoms with Crippen molar-refractivity contribution in [3.8, 4) is 0 Å². The third kappa shape index (κ3) is 3.86. The van der Waals surface area contributed by atoms with Gasteiger partial charge in [0.25, 0.3) is 17.7 Å². The van der Waals surface area contributed by atoms with Crippen LogP contribution < -0.4 is 0 Å². The average molecular weight is 451 g/mol. The van der Waals surface area contributed by atoms with E-state index in [9.17, 15) is 19.2 Å². The van der Waals surface area contributed by atoms with Crippen LogP contribution in [0.5, 0.6) is 0 Å². The van der Waals surface area contributed by atoms with Gasteiger partial charge in [0.15, 0.2) is 5.78 Å². The number of carbonyl (C=O) groups excluding carboxylic acids is 4. The quantitative estimate of drug-likeness (QED) is 0.390. The molecule has 1 fully saturated rings. The summed E-state index contributed by atoms with van der Waals surface area (Å²) in [7, 11) is 0. The number of fused-ring (bicyclic) bond motifs is 1. The molecule has 1 aliphatic heterocycles. The number of halogens is 1. The molecule has 6 nitrogen and oxygen atoms in total. The van der Waals surface area contributed by atoms with E-state index in [0.717, 1.165) is 15.6 Å². The van der Waals surface area contributed by atoms with Crippen molar-refractivity contribution < 1.29 is 19.2 Å². The molecule has 4 rings (SSSR count). The summed E-state index contributed by atoms with van der Waals surface area (Å²) in [5, 5.41) is 2.01. The van der Waals surface area contributed by atoms with Crippen molar-refractivity contribution in [3.63, 3.8) is 0 Å². The molecule has 3 atom stereocenters. The van der Waals surface area contributed by atoms with Gasteiger partial charge in [-0.2, -0.15) is 5.01 Å². The monoisotopic (exact) mass is 450 g/mol. The maximum atomic E-state index is 13.5. The molecule has 2 aromatic carbocycles. The molecule has 0 saturated carbocycles. The minimum Gasteiger partial charge on any atom is -0.292 e. The normalized spacial score (nSPS) is 22.1. The third-order valence-corrected chi connectivity index (χ3v) is 6.43. The van der Waals surface area contributed by atoms with E-state index in [4.69, 9.17) is 11.6 Å². The van der Waals surface area contributed by atoms with Crippen LogP contribution >= 0.6 is 11.6 Å². The smallest absolute Gasteiger partial charge is 0.274 e. The van der Waals surface area contributed by atoms with Crippen LogP contribution in [0.3, 0.4) is 0 Å². The highest BCUT2D eigenvalue weighted by molar-refractivity contribution is 6.34. The van der Waals surface area contributed by atoms with Crippen molar-refractivity contribution in [2.45, 2.75) is 20.3 Å². The van der Waals surface area contributed by atoms with Crippen molar-refractivity contribution in [1.82, 2.24) is 10.0 Å². The Morgan fingerprint density at radius 3 is 2.41 bits per heavy atom. The molecule has 0 spiro atoms. The van der Waals surface area contributed by atoms with Crippen LogP contribution in [0.15, 0.2) is 60.7 Å². The van der Waals surface area contributed by atoms with Crippen molar-refractivity contribution in [2.75, 3.05) is 6.54 Å². The van der Waals surface area contributed by atoms with Gasteiger partial charge in [-0.15, -0.1) is 0 Å². The Labute approximate surface area is 191 Å². The number of allylic oxidation sites excluding steroid dienone is 2. The lowest BCUT2D eigenvalue weighted by Crippen LogP contribution is -2.52. The molecule has 1 aliphatic carbocycles. The Balaban J connectivity index is 1.72. The Hall–Kier alpha value is -3.25. The van der Waals surface area contributed by atoms with Gasteiger partial charge in [0.05, 0.1) is 22.4 Å². The molecule has 2 aromatic rings. The highest BCUT2D eigenvalue weighted by atomic mass is 35.5. The third-order valence-electron chi connectivity index (χ3n) is 6.10. The van der Waals surface area contributed by atoms with Crippen LogP contribution in [0, 0.1) is 24.7 Å². The summed E-state index contributed by atoms with van der Waals surface area (Å²) in [5.41, 5.74) is 1.49. The van der Waals surface area contributed by atoms with Gasteiger partial charge in [0.2, 0.25) is 0 Å². The van der Waals surface area contributed by atoms with E-state index in [0.29, 0.717) is 12.0 Å². The van der Waals surface area contributed by atoms with Gasteiger partial charge in [-0.25, -0.2) is 5.01 Å². The number of aryl methyl sites for hydroxylation is 1. The molecule has 0 bridgehead atoms. The summed E-state index contributed by atoms with van der Waals surface area (Å²) < 4.78 is 0. The topological polar surface area (TPSA) is 74.8 Å². The number of hydrogen-bond donors (Lipinski definition) is 0. The molecule has 0 aromatic heterocycles. The van der Waals surface area contributed by atoms with Crippen molar-refractivity contribution >= 4 is 35.1 Å². The second kappa shape index (κ2) is 8.71. The lowest BCUT2D eigenvalue weighted by molar-refractivity contribution is -0.154. The summed E-state index contributed by atoms with van der Waals surface area (Å²) in [4.78, 5) is 53.1. The van der Waals surface area contributed by atoms with Crippen LogP contribution in [0.2, 0.25) is 5.02 Å². The van der Waals surface area contributed by atoms with E-state index in [2.05, 4.69) is 0 Å². The molecular formula is C25H23ClN2O4. The number of hydrogen-bond acceptors (Lipinski definition) is 4. The number of ketones is 1. The fourth-order valence-corrected chi connectivity index (χ4v) is 4.56. The first kappa shape index (κ1) is 22.0. The van der Waals surface area contributed by atoms with Crippen molar-refractivity contribution in [3.05, 3.63) is 82.4 Å². The molecule has 1 heterocycles. The van der Waals surface area contributed by atoms with Gasteiger partial charge in [0, 0.05) is 5.56 Å². The second-order valence-corrected chi connectivity index (χ2v) is 8.68. The molecule has 32 heavy (non-hydrogen) atoms. The first-order chi connectivity index (χ1) is 15.3. The summed E-state index contributed by atoms with van der Waals surface area (Å²) >= 11 is 6.23. The van der Waals surface area contributed by atoms with Gasteiger partial charge in [-0.3, -0.25) is 19.2 Å². The molecule has 7 heteroatoms. The van der Waals surface area contributed by atoms with Crippen LogP contribution in [-0.2, 0) is 9.59 Å². The Kier molecular flexibility index (Phi) is 5.98. The van der Waals surface area contributed by atoms with Gasteiger partial charge in [-0.1, -0.05) is 72.6 Å². The second-order valence-electron chi connectivity index (χ2n) is 8.28. The lowest BCUT2D eigenvalue weighted by atomic mass is 9.78.